The van der Waals surface area contributed by atoms with Crippen LogP contribution in [-0.2, 0) is 11.2 Å². The monoisotopic (exact) mass is 261 g/mol. The van der Waals surface area contributed by atoms with E-state index in [-0.39, 0.29) is 5.91 Å². The lowest BCUT2D eigenvalue weighted by atomic mass is 10.3. The molecule has 1 aromatic carbocycles. The van der Waals surface area contributed by atoms with Gasteiger partial charge in [-0.3, -0.25) is 4.79 Å². The van der Waals surface area contributed by atoms with Crippen molar-refractivity contribution in [1.29, 1.82) is 0 Å². The number of benzene rings is 1. The summed E-state index contributed by atoms with van der Waals surface area (Å²) in [6, 6.07) is 9.85. The molecule has 18 heavy (non-hydrogen) atoms. The molecule has 5 heteroatoms. The van der Waals surface area contributed by atoms with Crippen molar-refractivity contribution >= 4 is 28.1 Å². The molecule has 0 saturated carbocycles. The zero-order chi connectivity index (χ0) is 12.8. The maximum absolute atomic E-state index is 11.4. The largest absolute Gasteiger partial charge is 0.356 e. The molecule has 0 unspecified atom stereocenters. The van der Waals surface area contributed by atoms with Crippen LogP contribution in [0.2, 0.25) is 0 Å². The Bertz CT molecular complexity index is 510. The van der Waals surface area contributed by atoms with Gasteiger partial charge in [0.05, 0.1) is 12.1 Å². The molecule has 1 aromatic heterocycles. The van der Waals surface area contributed by atoms with Gasteiger partial charge in [0, 0.05) is 17.6 Å². The highest BCUT2D eigenvalue weighted by Crippen LogP contribution is 2.20. The third-order valence-corrected chi connectivity index (χ3v) is 3.10. The van der Waals surface area contributed by atoms with Crippen LogP contribution in [-0.4, -0.2) is 17.4 Å². The van der Waals surface area contributed by atoms with Crippen LogP contribution in [0.25, 0.3) is 0 Å². The molecule has 2 rings (SSSR count). The van der Waals surface area contributed by atoms with Crippen molar-refractivity contribution in [3.63, 3.8) is 0 Å². The first-order valence-electron chi connectivity index (χ1n) is 5.81. The molecular weight excluding hydrogens is 246 g/mol. The summed E-state index contributed by atoms with van der Waals surface area (Å²) in [5.41, 5.74) is 1.79. The van der Waals surface area contributed by atoms with E-state index < -0.39 is 0 Å². The number of anilines is 2. The first-order valence-corrected chi connectivity index (χ1v) is 6.69. The summed E-state index contributed by atoms with van der Waals surface area (Å²) < 4.78 is 0. The number of likely N-dealkylation sites (N-methyl/N-ethyl adjacent to an activating group) is 1. The van der Waals surface area contributed by atoms with Crippen LogP contribution in [0.5, 0.6) is 0 Å². The molecule has 0 saturated heterocycles. The van der Waals surface area contributed by atoms with Gasteiger partial charge in [-0.15, -0.1) is 11.3 Å². The lowest BCUT2D eigenvalue weighted by molar-refractivity contribution is -0.120. The molecule has 0 aliphatic rings. The van der Waals surface area contributed by atoms with Crippen molar-refractivity contribution in [2.45, 2.75) is 13.3 Å². The fourth-order valence-corrected chi connectivity index (χ4v) is 2.25. The Kier molecular flexibility index (Phi) is 4.30. The predicted molar refractivity (Wildman–Crippen MR) is 74.2 cm³/mol. The van der Waals surface area contributed by atoms with Gasteiger partial charge < -0.3 is 10.6 Å². The van der Waals surface area contributed by atoms with Gasteiger partial charge in [-0.05, 0) is 19.1 Å². The van der Waals surface area contributed by atoms with Crippen LogP contribution in [0.1, 0.15) is 12.6 Å². The summed E-state index contributed by atoms with van der Waals surface area (Å²) in [4.78, 5) is 15.8. The molecule has 0 aliphatic heterocycles. The molecule has 0 bridgehead atoms. The summed E-state index contributed by atoms with van der Waals surface area (Å²) in [6.07, 6.45) is 0.334. The second kappa shape index (κ2) is 6.16. The lowest BCUT2D eigenvalue weighted by Crippen LogP contribution is -2.24. The molecule has 2 N–H and O–H groups in total. The minimum absolute atomic E-state index is 0.00839. The number of hydrogen-bond acceptors (Lipinski definition) is 4. The Balaban J connectivity index is 1.96. The van der Waals surface area contributed by atoms with Crippen molar-refractivity contribution in [3.05, 3.63) is 41.4 Å². The standard InChI is InChI=1S/C13H15N3OS/c1-2-14-12(17)8-11-9-18-13(16-11)15-10-6-4-3-5-7-10/h3-7,9H,2,8H2,1H3,(H,14,17)(H,15,16). The topological polar surface area (TPSA) is 54.0 Å². The Morgan fingerprint density at radius 2 is 2.11 bits per heavy atom. The summed E-state index contributed by atoms with van der Waals surface area (Å²) in [7, 11) is 0. The number of hydrogen-bond donors (Lipinski definition) is 2. The molecule has 1 heterocycles. The van der Waals surface area contributed by atoms with Crippen LogP contribution in [0, 0.1) is 0 Å². The number of rotatable bonds is 5. The minimum atomic E-state index is 0.00839. The van der Waals surface area contributed by atoms with Crippen LogP contribution < -0.4 is 10.6 Å². The summed E-state index contributed by atoms with van der Waals surface area (Å²) in [5.74, 6) is 0.00839. The van der Waals surface area contributed by atoms with Crippen molar-refractivity contribution in [3.8, 4) is 0 Å². The van der Waals surface area contributed by atoms with Crippen molar-refractivity contribution in [1.82, 2.24) is 10.3 Å². The predicted octanol–water partition coefficient (Wildman–Crippen LogP) is 2.57. The molecule has 0 spiro atoms. The fourth-order valence-electron chi connectivity index (χ4n) is 1.51. The summed E-state index contributed by atoms with van der Waals surface area (Å²) in [5, 5.41) is 8.67. The van der Waals surface area contributed by atoms with Gasteiger partial charge in [-0.25, -0.2) is 4.98 Å². The van der Waals surface area contributed by atoms with E-state index in [0.717, 1.165) is 16.5 Å². The molecule has 94 valence electrons. The van der Waals surface area contributed by atoms with Crippen LogP contribution in [0.3, 0.4) is 0 Å². The maximum Gasteiger partial charge on any atom is 0.226 e. The Hall–Kier alpha value is -1.88. The van der Waals surface area contributed by atoms with Crippen molar-refractivity contribution in [2.24, 2.45) is 0 Å². The number of carbonyl (C=O) groups excluding carboxylic acids is 1. The van der Waals surface area contributed by atoms with E-state index in [0.29, 0.717) is 13.0 Å². The number of nitrogens with zero attached hydrogens (tertiary/aromatic N) is 1. The molecule has 0 aliphatic carbocycles. The summed E-state index contributed by atoms with van der Waals surface area (Å²) in [6.45, 7) is 2.55. The first kappa shape index (κ1) is 12.6. The molecule has 4 nitrogen and oxygen atoms in total. The van der Waals surface area contributed by atoms with Crippen LogP contribution >= 0.6 is 11.3 Å². The SMILES string of the molecule is CCNC(=O)Cc1csc(Nc2ccccc2)n1. The van der Waals surface area contributed by atoms with Gasteiger partial charge >= 0.3 is 0 Å². The van der Waals surface area contributed by atoms with E-state index >= 15 is 0 Å². The van der Waals surface area contributed by atoms with Crippen molar-refractivity contribution in [2.75, 3.05) is 11.9 Å². The number of thiazole rings is 1. The molecule has 1 amide bonds. The molecular formula is C13H15N3OS. The van der Waals surface area contributed by atoms with Gasteiger partial charge in [-0.2, -0.15) is 0 Å². The highest BCUT2D eigenvalue weighted by atomic mass is 32.1. The maximum atomic E-state index is 11.4. The normalized spacial score (nSPS) is 10.1. The summed E-state index contributed by atoms with van der Waals surface area (Å²) >= 11 is 1.50. The van der Waals surface area contributed by atoms with Gasteiger partial charge in [0.1, 0.15) is 0 Å². The second-order valence-corrected chi connectivity index (χ2v) is 4.62. The van der Waals surface area contributed by atoms with E-state index in [9.17, 15) is 4.79 Å². The van der Waals surface area contributed by atoms with Crippen LogP contribution in [0.15, 0.2) is 35.7 Å². The van der Waals surface area contributed by atoms with Gasteiger partial charge in [0.25, 0.3) is 0 Å². The smallest absolute Gasteiger partial charge is 0.226 e. The second-order valence-electron chi connectivity index (χ2n) is 3.77. The minimum Gasteiger partial charge on any atom is -0.356 e. The third-order valence-electron chi connectivity index (χ3n) is 2.29. The van der Waals surface area contributed by atoms with Gasteiger partial charge in [-0.1, -0.05) is 18.2 Å². The lowest BCUT2D eigenvalue weighted by Gasteiger charge is -2.01. The first-order chi connectivity index (χ1) is 8.78. The Morgan fingerprint density at radius 3 is 2.83 bits per heavy atom. The van der Waals surface area contributed by atoms with E-state index in [1.807, 2.05) is 42.6 Å². The molecule has 0 radical (unpaired) electrons. The zero-order valence-corrected chi connectivity index (χ0v) is 11.0. The molecule has 0 fully saturated rings. The fraction of sp³-hybridized carbons (Fsp3) is 0.231. The quantitative estimate of drug-likeness (QED) is 0.869. The highest BCUT2D eigenvalue weighted by Gasteiger charge is 2.06. The average Bonchev–Trinajstić information content (AvgIpc) is 2.78. The highest BCUT2D eigenvalue weighted by molar-refractivity contribution is 7.13. The number of aromatic nitrogens is 1. The van der Waals surface area contributed by atoms with Gasteiger partial charge in [0.15, 0.2) is 5.13 Å². The molecule has 2 aromatic rings. The van der Waals surface area contributed by atoms with E-state index in [1.165, 1.54) is 11.3 Å². The number of amides is 1. The number of nitrogens with one attached hydrogen (secondary N) is 2. The average molecular weight is 261 g/mol. The van der Waals surface area contributed by atoms with E-state index in [2.05, 4.69) is 15.6 Å². The van der Waals surface area contributed by atoms with E-state index in [4.69, 9.17) is 0 Å². The number of carbonyl (C=O) groups is 1. The van der Waals surface area contributed by atoms with Crippen molar-refractivity contribution < 1.29 is 4.79 Å². The number of para-hydroxylation sites is 1. The zero-order valence-electron chi connectivity index (χ0n) is 10.1. The van der Waals surface area contributed by atoms with E-state index in [1.54, 1.807) is 0 Å². The van der Waals surface area contributed by atoms with Gasteiger partial charge in [0.2, 0.25) is 5.91 Å². The Labute approximate surface area is 110 Å². The van der Waals surface area contributed by atoms with Crippen LogP contribution in [0.4, 0.5) is 10.8 Å². The third kappa shape index (κ3) is 3.56. The Morgan fingerprint density at radius 1 is 1.33 bits per heavy atom. The molecule has 0 atom stereocenters.